The average molecular weight is 841 g/mol. The number of ketones is 4. The van der Waals surface area contributed by atoms with Crippen molar-refractivity contribution in [1.82, 2.24) is 53.2 Å². The fourth-order valence-corrected chi connectivity index (χ4v) is 5.51. The van der Waals surface area contributed by atoms with Crippen LogP contribution in [0.4, 0.5) is 0 Å². The van der Waals surface area contributed by atoms with E-state index in [4.69, 9.17) is 11.5 Å². The topological polar surface area (TPSA) is 326 Å². The summed E-state index contributed by atoms with van der Waals surface area (Å²) in [5, 5.41) is 28.8. The van der Waals surface area contributed by atoms with Crippen molar-refractivity contribution in [2.75, 3.05) is 79.3 Å². The Morgan fingerprint density at radius 2 is 0.915 bits per heavy atom. The van der Waals surface area contributed by atoms with Crippen LogP contribution in [-0.2, 0) is 43.2 Å². The minimum absolute atomic E-state index is 0.0650. The zero-order chi connectivity index (χ0) is 44.3. The van der Waals surface area contributed by atoms with E-state index in [1.165, 1.54) is 13.8 Å². The minimum Gasteiger partial charge on any atom is -0.368 e. The normalized spacial score (nSPS) is 12.5. The first-order valence-electron chi connectivity index (χ1n) is 20.5. The van der Waals surface area contributed by atoms with Crippen molar-refractivity contribution in [1.29, 1.82) is 0 Å². The van der Waals surface area contributed by atoms with E-state index in [1.807, 2.05) is 0 Å². The van der Waals surface area contributed by atoms with Crippen molar-refractivity contribution in [3.05, 3.63) is 0 Å². The Bertz CT molecular complexity index is 1300. The van der Waals surface area contributed by atoms with Crippen LogP contribution in [0.2, 0.25) is 0 Å². The number of nitrogens with two attached hydrogens (primary N) is 2. The monoisotopic (exact) mass is 841 g/mol. The van der Waals surface area contributed by atoms with Crippen LogP contribution >= 0.6 is 0 Å². The molecule has 0 fully saturated rings. The van der Waals surface area contributed by atoms with Gasteiger partial charge in [0.15, 0.2) is 11.6 Å². The van der Waals surface area contributed by atoms with Crippen molar-refractivity contribution < 1.29 is 43.2 Å². The van der Waals surface area contributed by atoms with Crippen molar-refractivity contribution >= 4 is 52.7 Å². The molecule has 14 N–H and O–H groups in total. The van der Waals surface area contributed by atoms with E-state index in [9.17, 15) is 43.2 Å². The van der Waals surface area contributed by atoms with Gasteiger partial charge in [-0.15, -0.1) is 0 Å². The van der Waals surface area contributed by atoms with E-state index in [0.29, 0.717) is 64.8 Å². The first-order valence-corrected chi connectivity index (χ1v) is 20.5. The molecule has 59 heavy (non-hydrogen) atoms. The molecule has 0 aliphatic rings. The number of Topliss-reactive ketones (excluding diaryl/α,β-unsaturated/α-hetero) is 4. The van der Waals surface area contributed by atoms with Crippen molar-refractivity contribution in [2.24, 2.45) is 11.5 Å². The third-order valence-corrected chi connectivity index (χ3v) is 8.88. The van der Waals surface area contributed by atoms with Crippen LogP contribution in [-0.4, -0.2) is 150 Å². The Morgan fingerprint density at radius 3 is 1.44 bits per heavy atom. The van der Waals surface area contributed by atoms with Gasteiger partial charge in [0.05, 0.1) is 64.1 Å². The maximum Gasteiger partial charge on any atom is 0.237 e. The lowest BCUT2D eigenvalue weighted by Gasteiger charge is -2.17. The Kier molecular flexibility index (Phi) is 33.1. The molecule has 21 nitrogen and oxygen atoms in total. The number of unbranched alkanes of at least 4 members (excludes halogenated alkanes) is 3. The van der Waals surface area contributed by atoms with Crippen molar-refractivity contribution in [3.63, 3.8) is 0 Å². The molecule has 0 radical (unpaired) electrons. The number of carbonyl (C=O) groups is 9. The average Bonchev–Trinajstić information content (AvgIpc) is 3.17. The number of nitrogens with one attached hydrogen (secondary N) is 10. The molecule has 0 aliphatic carbocycles. The van der Waals surface area contributed by atoms with E-state index in [-0.39, 0.29) is 106 Å². The number of rotatable bonds is 41. The third kappa shape index (κ3) is 33.3. The molecule has 0 heterocycles. The highest BCUT2D eigenvalue weighted by Crippen LogP contribution is 2.04. The Hall–Kier alpha value is -4.25. The number of amides is 5. The molecule has 0 saturated carbocycles. The largest absolute Gasteiger partial charge is 0.368 e. The second-order valence-electron chi connectivity index (χ2n) is 14.4. The van der Waals surface area contributed by atoms with Crippen LogP contribution in [0.5, 0.6) is 0 Å². The van der Waals surface area contributed by atoms with Gasteiger partial charge in [-0.2, -0.15) is 0 Å². The van der Waals surface area contributed by atoms with Crippen LogP contribution in [0, 0.1) is 0 Å². The summed E-state index contributed by atoms with van der Waals surface area (Å²) in [5.74, 6) is -2.16. The number of primary amides is 2. The maximum absolute atomic E-state index is 12.5. The molecule has 0 aliphatic heterocycles. The van der Waals surface area contributed by atoms with E-state index >= 15 is 0 Å². The lowest BCUT2D eigenvalue weighted by molar-refractivity contribution is -0.125. The molecule has 0 bridgehead atoms. The van der Waals surface area contributed by atoms with E-state index in [2.05, 4.69) is 53.2 Å². The molecule has 3 atom stereocenters. The zero-order valence-electron chi connectivity index (χ0n) is 35.3. The molecule has 0 saturated heterocycles. The zero-order valence-corrected chi connectivity index (χ0v) is 35.3. The van der Waals surface area contributed by atoms with Gasteiger partial charge in [-0.3, -0.25) is 64.4 Å². The van der Waals surface area contributed by atoms with Crippen LogP contribution in [0.1, 0.15) is 90.9 Å². The number of carbonyl (C=O) groups excluding carboxylic acids is 9. The van der Waals surface area contributed by atoms with Gasteiger partial charge in [0.25, 0.3) is 0 Å². The SMILES string of the molecule is CN[C@H](CCCCNCC(=O)CNCNC(=O)CCCC(=O)NCC(=O)CNCNCCCC[C@H](NCC(C)=O)C(N)=O)C(=O)NCCCC[C@H](NCC(C)=O)C(N)=O. The fourth-order valence-electron chi connectivity index (χ4n) is 5.51. The molecular formula is C38H72N12O9. The van der Waals surface area contributed by atoms with Crippen molar-refractivity contribution in [3.8, 4) is 0 Å². The van der Waals surface area contributed by atoms with Crippen molar-refractivity contribution in [2.45, 2.75) is 109 Å². The van der Waals surface area contributed by atoms with Gasteiger partial charge in [-0.05, 0) is 85.4 Å². The Labute approximate surface area is 348 Å². The van der Waals surface area contributed by atoms with Gasteiger partial charge in [-0.25, -0.2) is 0 Å². The first-order chi connectivity index (χ1) is 28.2. The lowest BCUT2D eigenvalue weighted by Crippen LogP contribution is -2.44. The molecule has 0 aromatic heterocycles. The van der Waals surface area contributed by atoms with Gasteiger partial charge in [-0.1, -0.05) is 12.8 Å². The molecular weight excluding hydrogens is 768 g/mol. The smallest absolute Gasteiger partial charge is 0.237 e. The summed E-state index contributed by atoms with van der Waals surface area (Å²) in [6.45, 7) is 5.39. The van der Waals surface area contributed by atoms with E-state index in [0.717, 1.165) is 25.7 Å². The second kappa shape index (κ2) is 35.7. The molecule has 5 amide bonds. The first kappa shape index (κ1) is 54.8. The summed E-state index contributed by atoms with van der Waals surface area (Å²) in [5.41, 5.74) is 10.7. The number of hydrogen-bond acceptors (Lipinski definition) is 16. The molecule has 0 aromatic carbocycles. The second-order valence-corrected chi connectivity index (χ2v) is 14.4. The van der Waals surface area contributed by atoms with Gasteiger partial charge < -0.3 is 43.4 Å². The minimum atomic E-state index is -0.581. The van der Waals surface area contributed by atoms with Crippen LogP contribution in [0.15, 0.2) is 0 Å². The Morgan fingerprint density at radius 1 is 0.458 bits per heavy atom. The van der Waals surface area contributed by atoms with Crippen LogP contribution in [0.25, 0.3) is 0 Å². The fraction of sp³-hybridized carbons (Fsp3) is 0.763. The number of likely N-dealkylation sites (N-methyl/N-ethyl adjacent to an activating group) is 1. The third-order valence-electron chi connectivity index (χ3n) is 8.88. The van der Waals surface area contributed by atoms with E-state index in [1.54, 1.807) is 7.05 Å². The summed E-state index contributed by atoms with van der Waals surface area (Å²) in [6, 6.07) is -1.48. The predicted octanol–water partition coefficient (Wildman–Crippen LogP) is -3.92. The quantitative estimate of drug-likeness (QED) is 0.0207. The Balaban J connectivity index is 3.82. The standard InChI is InChI=1S/C38H72N12O9/c1-27(51)19-47-31(36(39)57)11-4-8-17-43-25-44-23-30(54)24-49-34(55)14-10-15-35(56)50-26-45-22-29(53)21-42-16-7-5-13-33(41-3)38(59)46-18-9-6-12-32(37(40)58)48-20-28(2)52/h31-33,41-45,47-48H,4-26H2,1-3H3,(H2,39,57)(H2,40,58)(H,46,59)(H,49,55)(H,50,56)/t31-,32-,33+/m0/s1. The van der Waals surface area contributed by atoms with Gasteiger partial charge in [0.2, 0.25) is 29.5 Å². The van der Waals surface area contributed by atoms with Crippen LogP contribution < -0.4 is 64.6 Å². The lowest BCUT2D eigenvalue weighted by atomic mass is 10.1. The summed E-state index contributed by atoms with van der Waals surface area (Å²) in [7, 11) is 1.72. The predicted molar refractivity (Wildman–Crippen MR) is 222 cm³/mol. The summed E-state index contributed by atoms with van der Waals surface area (Å²) in [4.78, 5) is 106. The molecule has 21 heteroatoms. The summed E-state index contributed by atoms with van der Waals surface area (Å²) < 4.78 is 0. The molecule has 0 unspecified atom stereocenters. The van der Waals surface area contributed by atoms with Gasteiger partial charge in [0.1, 0.15) is 11.6 Å². The van der Waals surface area contributed by atoms with Crippen LogP contribution in [0.3, 0.4) is 0 Å². The molecule has 338 valence electrons. The molecule has 0 aromatic rings. The highest BCUT2D eigenvalue weighted by Gasteiger charge is 2.18. The highest BCUT2D eigenvalue weighted by atomic mass is 16.2. The summed E-state index contributed by atoms with van der Waals surface area (Å²) >= 11 is 0. The number of hydrogen-bond donors (Lipinski definition) is 12. The summed E-state index contributed by atoms with van der Waals surface area (Å²) in [6.07, 6.45) is 6.46. The molecule has 0 spiro atoms. The highest BCUT2D eigenvalue weighted by molar-refractivity contribution is 5.87. The molecule has 0 rings (SSSR count). The van der Waals surface area contributed by atoms with E-state index < -0.39 is 23.9 Å². The van der Waals surface area contributed by atoms with Gasteiger partial charge >= 0.3 is 0 Å². The maximum atomic E-state index is 12.5. The van der Waals surface area contributed by atoms with Gasteiger partial charge in [0, 0.05) is 26.1 Å².